The van der Waals surface area contributed by atoms with Crippen molar-refractivity contribution in [3.63, 3.8) is 0 Å². The second-order valence-corrected chi connectivity index (χ2v) is 3.84. The van der Waals surface area contributed by atoms with Gasteiger partial charge >= 0.3 is 0 Å². The molecule has 0 bridgehead atoms. The molecule has 0 aromatic carbocycles. The Labute approximate surface area is 89.2 Å². The molecular formula is C9H17N5O. The van der Waals surface area contributed by atoms with E-state index in [1.165, 1.54) is 0 Å². The van der Waals surface area contributed by atoms with Gasteiger partial charge in [-0.2, -0.15) is 0 Å². The minimum atomic E-state index is 0.616. The number of nitrogens with one attached hydrogen (secondary N) is 1. The molecule has 1 N–H and O–H groups in total. The van der Waals surface area contributed by atoms with Crippen molar-refractivity contribution in [2.75, 3.05) is 33.2 Å². The second kappa shape index (κ2) is 4.69. The van der Waals surface area contributed by atoms with Crippen molar-refractivity contribution in [2.45, 2.75) is 13.5 Å². The van der Waals surface area contributed by atoms with Gasteiger partial charge in [0.1, 0.15) is 0 Å². The molecule has 1 aromatic rings. The van der Waals surface area contributed by atoms with Crippen molar-refractivity contribution in [1.29, 1.82) is 0 Å². The molecule has 0 spiro atoms. The summed E-state index contributed by atoms with van der Waals surface area (Å²) in [6, 6.07) is 0. The van der Waals surface area contributed by atoms with Gasteiger partial charge in [0.25, 0.3) is 0 Å². The lowest BCUT2D eigenvalue weighted by atomic mass is 10.4. The Morgan fingerprint density at radius 2 is 2.00 bits per heavy atom. The summed E-state index contributed by atoms with van der Waals surface area (Å²) in [5, 5.41) is 9.90. The molecule has 1 aliphatic heterocycles. The van der Waals surface area contributed by atoms with E-state index in [9.17, 15) is 0 Å². The van der Waals surface area contributed by atoms with E-state index in [1.807, 2.05) is 0 Å². The van der Waals surface area contributed by atoms with Crippen molar-refractivity contribution in [1.82, 2.24) is 25.5 Å². The highest BCUT2D eigenvalue weighted by atomic mass is 16.4. The van der Waals surface area contributed by atoms with E-state index in [4.69, 9.17) is 4.42 Å². The molecule has 0 saturated carbocycles. The molecule has 2 heterocycles. The molecule has 6 heteroatoms. The summed E-state index contributed by atoms with van der Waals surface area (Å²) in [5.74, 6) is 1.26. The van der Waals surface area contributed by atoms with Gasteiger partial charge in [-0.05, 0) is 7.05 Å². The van der Waals surface area contributed by atoms with Gasteiger partial charge in [-0.15, -0.1) is 10.2 Å². The number of hydrogen-bond acceptors (Lipinski definition) is 6. The Morgan fingerprint density at radius 1 is 1.27 bits per heavy atom. The van der Waals surface area contributed by atoms with Crippen LogP contribution >= 0.6 is 0 Å². The van der Waals surface area contributed by atoms with Gasteiger partial charge in [0.2, 0.25) is 11.8 Å². The third-order valence-corrected chi connectivity index (χ3v) is 2.53. The van der Waals surface area contributed by atoms with Crippen LogP contribution in [0.25, 0.3) is 0 Å². The summed E-state index contributed by atoms with van der Waals surface area (Å²) < 4.78 is 5.27. The van der Waals surface area contributed by atoms with Crippen molar-refractivity contribution in [3.05, 3.63) is 11.8 Å². The highest BCUT2D eigenvalue weighted by molar-refractivity contribution is 4.78. The molecule has 15 heavy (non-hydrogen) atoms. The van der Waals surface area contributed by atoms with Crippen LogP contribution in [0.4, 0.5) is 0 Å². The molecular weight excluding hydrogens is 194 g/mol. The van der Waals surface area contributed by atoms with Gasteiger partial charge in [0.15, 0.2) is 0 Å². The number of aryl methyl sites for hydroxylation is 1. The lowest BCUT2D eigenvalue weighted by molar-refractivity contribution is 0.0982. The molecule has 0 unspecified atom stereocenters. The van der Waals surface area contributed by atoms with Gasteiger partial charge < -0.3 is 9.32 Å². The first-order chi connectivity index (χ1) is 7.24. The molecule has 1 aliphatic rings. The zero-order valence-electron chi connectivity index (χ0n) is 9.23. The normalized spacial score (nSPS) is 19.6. The van der Waals surface area contributed by atoms with Crippen LogP contribution in [-0.4, -0.2) is 53.3 Å². The molecule has 84 valence electrons. The Morgan fingerprint density at radius 3 is 2.60 bits per heavy atom. The number of piperazine rings is 1. The van der Waals surface area contributed by atoms with E-state index in [-0.39, 0.29) is 0 Å². The van der Waals surface area contributed by atoms with Crippen molar-refractivity contribution in [2.24, 2.45) is 0 Å². The third-order valence-electron chi connectivity index (χ3n) is 2.53. The summed E-state index contributed by atoms with van der Waals surface area (Å²) in [5.41, 5.74) is 3.28. The predicted molar refractivity (Wildman–Crippen MR) is 54.9 cm³/mol. The first-order valence-corrected chi connectivity index (χ1v) is 5.20. The van der Waals surface area contributed by atoms with Gasteiger partial charge in [0, 0.05) is 33.1 Å². The topological polar surface area (TPSA) is 57.4 Å². The zero-order valence-corrected chi connectivity index (χ0v) is 9.23. The van der Waals surface area contributed by atoms with Crippen LogP contribution in [0.3, 0.4) is 0 Å². The first kappa shape index (κ1) is 10.5. The smallest absolute Gasteiger partial charge is 0.231 e. The zero-order chi connectivity index (χ0) is 10.7. The summed E-state index contributed by atoms with van der Waals surface area (Å²) in [6.07, 6.45) is 0. The van der Waals surface area contributed by atoms with E-state index in [0.29, 0.717) is 18.3 Å². The Bertz CT molecular complexity index is 305. The highest BCUT2D eigenvalue weighted by Gasteiger charge is 2.13. The summed E-state index contributed by atoms with van der Waals surface area (Å²) in [4.78, 5) is 2.31. The number of nitrogens with zero attached hydrogens (tertiary/aromatic N) is 4. The molecule has 6 nitrogen and oxygen atoms in total. The quantitative estimate of drug-likeness (QED) is 0.736. The molecule has 0 atom stereocenters. The predicted octanol–water partition coefficient (Wildman–Crippen LogP) is -0.370. The van der Waals surface area contributed by atoms with Crippen molar-refractivity contribution < 1.29 is 4.42 Å². The number of hydrazine groups is 1. The van der Waals surface area contributed by atoms with Crippen LogP contribution in [0.15, 0.2) is 4.42 Å². The fourth-order valence-electron chi connectivity index (χ4n) is 1.55. The van der Waals surface area contributed by atoms with Gasteiger partial charge in [-0.1, -0.05) is 0 Å². The monoisotopic (exact) mass is 211 g/mol. The SMILES string of the molecule is Cc1nnc(CNN2CCN(C)CC2)o1. The van der Waals surface area contributed by atoms with Gasteiger partial charge in [-0.3, -0.25) is 0 Å². The molecule has 0 amide bonds. The van der Waals surface area contributed by atoms with Crippen LogP contribution < -0.4 is 5.43 Å². The summed E-state index contributed by atoms with van der Waals surface area (Å²) in [7, 11) is 2.14. The minimum absolute atomic E-state index is 0.616. The van der Waals surface area contributed by atoms with Crippen molar-refractivity contribution >= 4 is 0 Å². The number of likely N-dealkylation sites (N-methyl/N-ethyl adjacent to an activating group) is 1. The Kier molecular flexibility index (Phi) is 3.30. The van der Waals surface area contributed by atoms with Crippen LogP contribution in [0, 0.1) is 6.92 Å². The van der Waals surface area contributed by atoms with E-state index in [1.54, 1.807) is 6.92 Å². The largest absolute Gasteiger partial charge is 0.424 e. The number of rotatable bonds is 3. The standard InChI is InChI=1S/C9H17N5O/c1-8-11-12-9(15-8)7-10-14-5-3-13(2)4-6-14/h10H,3-7H2,1-2H3. The van der Waals surface area contributed by atoms with E-state index in [0.717, 1.165) is 26.2 Å². The number of aromatic nitrogens is 2. The van der Waals surface area contributed by atoms with E-state index in [2.05, 4.69) is 32.6 Å². The van der Waals surface area contributed by atoms with Crippen LogP contribution in [0.1, 0.15) is 11.8 Å². The third kappa shape index (κ3) is 2.98. The lowest BCUT2D eigenvalue weighted by Gasteiger charge is -2.32. The van der Waals surface area contributed by atoms with Crippen LogP contribution in [0.2, 0.25) is 0 Å². The minimum Gasteiger partial charge on any atom is -0.424 e. The van der Waals surface area contributed by atoms with Crippen LogP contribution in [-0.2, 0) is 6.54 Å². The fraction of sp³-hybridized carbons (Fsp3) is 0.778. The average Bonchev–Trinajstić information content (AvgIpc) is 2.64. The highest BCUT2D eigenvalue weighted by Crippen LogP contribution is 1.99. The molecule has 1 saturated heterocycles. The lowest BCUT2D eigenvalue weighted by Crippen LogP contribution is -2.50. The van der Waals surface area contributed by atoms with Gasteiger partial charge in [0.05, 0.1) is 6.54 Å². The molecule has 2 rings (SSSR count). The maximum Gasteiger partial charge on any atom is 0.231 e. The fourth-order valence-corrected chi connectivity index (χ4v) is 1.55. The van der Waals surface area contributed by atoms with Crippen LogP contribution in [0.5, 0.6) is 0 Å². The molecule has 0 radical (unpaired) electrons. The Balaban J connectivity index is 1.74. The second-order valence-electron chi connectivity index (χ2n) is 3.84. The molecule has 0 aliphatic carbocycles. The van der Waals surface area contributed by atoms with E-state index < -0.39 is 0 Å². The summed E-state index contributed by atoms with van der Waals surface area (Å²) >= 11 is 0. The Hall–Kier alpha value is -0.980. The average molecular weight is 211 g/mol. The molecule has 1 aromatic heterocycles. The van der Waals surface area contributed by atoms with E-state index >= 15 is 0 Å². The maximum absolute atomic E-state index is 5.27. The van der Waals surface area contributed by atoms with Crippen molar-refractivity contribution in [3.8, 4) is 0 Å². The maximum atomic E-state index is 5.27. The molecule has 1 fully saturated rings. The summed E-state index contributed by atoms with van der Waals surface area (Å²) in [6.45, 7) is 6.66. The van der Waals surface area contributed by atoms with Gasteiger partial charge in [-0.25, -0.2) is 10.4 Å². The first-order valence-electron chi connectivity index (χ1n) is 5.20. The number of hydrogen-bond donors (Lipinski definition) is 1.